The van der Waals surface area contributed by atoms with Gasteiger partial charge in [-0.3, -0.25) is 19.6 Å². The Kier molecular flexibility index (Phi) is 6.54. The highest BCUT2D eigenvalue weighted by Crippen LogP contribution is 2.38. The van der Waals surface area contributed by atoms with Crippen LogP contribution in [0.15, 0.2) is 74.9 Å². The molecule has 2 aliphatic heterocycles. The molecule has 10 heteroatoms. The van der Waals surface area contributed by atoms with Crippen LogP contribution in [0.4, 0.5) is 11.4 Å². The van der Waals surface area contributed by atoms with Gasteiger partial charge in [-0.25, -0.2) is 4.79 Å². The SMILES string of the molecule is CN1CCN(C(=O)Cc2ccc(N=C(c3ccc4oc(=O)[nH]c4c3)C3C(=O)Nc4cc(Cl)ccc43)cc2)CC1. The molecule has 2 amide bonds. The third-order valence-electron chi connectivity index (χ3n) is 7.23. The summed E-state index contributed by atoms with van der Waals surface area (Å²) in [5, 5.41) is 3.43. The summed E-state index contributed by atoms with van der Waals surface area (Å²) in [7, 11) is 2.06. The second-order valence-corrected chi connectivity index (χ2v) is 10.3. The average Bonchev–Trinajstić information content (AvgIpc) is 3.45. The Balaban J connectivity index is 1.34. The second kappa shape index (κ2) is 10.2. The zero-order valence-corrected chi connectivity index (χ0v) is 22.0. The molecule has 6 rings (SSSR count). The quantitative estimate of drug-likeness (QED) is 0.370. The van der Waals surface area contributed by atoms with Crippen LogP contribution in [-0.2, 0) is 16.0 Å². The molecule has 39 heavy (non-hydrogen) atoms. The molecule has 0 aliphatic carbocycles. The molecule has 0 saturated carbocycles. The number of benzene rings is 3. The second-order valence-electron chi connectivity index (χ2n) is 9.90. The maximum absolute atomic E-state index is 13.2. The van der Waals surface area contributed by atoms with Gasteiger partial charge in [-0.1, -0.05) is 29.8 Å². The monoisotopic (exact) mass is 543 g/mol. The lowest BCUT2D eigenvalue weighted by Gasteiger charge is -2.32. The highest BCUT2D eigenvalue weighted by atomic mass is 35.5. The van der Waals surface area contributed by atoms with E-state index in [1.807, 2.05) is 35.2 Å². The van der Waals surface area contributed by atoms with Crippen molar-refractivity contribution < 1.29 is 14.0 Å². The maximum atomic E-state index is 13.2. The molecular formula is C29H26ClN5O4. The third kappa shape index (κ3) is 5.10. The highest BCUT2D eigenvalue weighted by molar-refractivity contribution is 6.31. The number of oxazole rings is 1. The Morgan fingerprint density at radius 2 is 1.79 bits per heavy atom. The van der Waals surface area contributed by atoms with Crippen molar-refractivity contribution in [2.24, 2.45) is 4.99 Å². The molecule has 2 aliphatic rings. The zero-order chi connectivity index (χ0) is 27.1. The van der Waals surface area contributed by atoms with Crippen molar-refractivity contribution >= 4 is 51.6 Å². The van der Waals surface area contributed by atoms with E-state index in [2.05, 4.69) is 22.2 Å². The molecule has 1 aromatic heterocycles. The van der Waals surface area contributed by atoms with Gasteiger partial charge in [0.2, 0.25) is 11.8 Å². The lowest BCUT2D eigenvalue weighted by atomic mass is 9.90. The third-order valence-corrected chi connectivity index (χ3v) is 7.47. The van der Waals surface area contributed by atoms with Gasteiger partial charge < -0.3 is 19.5 Å². The van der Waals surface area contributed by atoms with Crippen LogP contribution in [-0.4, -0.2) is 65.5 Å². The fourth-order valence-corrected chi connectivity index (χ4v) is 5.25. The van der Waals surface area contributed by atoms with Crippen molar-refractivity contribution in [1.29, 1.82) is 0 Å². The number of anilines is 1. The Hall–Kier alpha value is -4.21. The van der Waals surface area contributed by atoms with E-state index in [0.29, 0.717) is 45.2 Å². The number of aromatic nitrogens is 1. The molecule has 0 radical (unpaired) electrons. The molecule has 3 aromatic carbocycles. The number of amides is 2. The molecule has 1 saturated heterocycles. The van der Waals surface area contributed by atoms with E-state index >= 15 is 0 Å². The van der Waals surface area contributed by atoms with Crippen molar-refractivity contribution in [1.82, 2.24) is 14.8 Å². The predicted octanol–water partition coefficient (Wildman–Crippen LogP) is 3.95. The van der Waals surface area contributed by atoms with Crippen molar-refractivity contribution in [3.05, 3.63) is 92.9 Å². The summed E-state index contributed by atoms with van der Waals surface area (Å²) >= 11 is 6.16. The standard InChI is InChI=1S/C29H26ClN5O4/c1-34-10-12-35(13-11-34)25(36)14-17-2-6-20(7-3-17)31-27(18-4-9-24-23(15-18)33-29(38)39-24)26-21-8-5-19(30)16-22(21)32-28(26)37/h2-9,15-16,26H,10-14H2,1H3,(H,32,37)(H,33,38). The highest BCUT2D eigenvalue weighted by Gasteiger charge is 2.35. The Morgan fingerprint density at radius 3 is 2.56 bits per heavy atom. The largest absolute Gasteiger partial charge is 0.417 e. The number of carbonyl (C=O) groups excluding carboxylic acids is 2. The maximum Gasteiger partial charge on any atom is 0.417 e. The zero-order valence-electron chi connectivity index (χ0n) is 21.2. The molecule has 3 heterocycles. The minimum Gasteiger partial charge on any atom is -0.408 e. The normalized spacial score (nSPS) is 17.9. The molecule has 0 spiro atoms. The number of carbonyl (C=O) groups is 2. The van der Waals surface area contributed by atoms with E-state index in [9.17, 15) is 14.4 Å². The molecule has 1 atom stereocenters. The Bertz CT molecular complexity index is 1670. The Labute approximate surface area is 229 Å². The van der Waals surface area contributed by atoms with Crippen molar-refractivity contribution in [2.45, 2.75) is 12.3 Å². The van der Waals surface area contributed by atoms with Crippen LogP contribution in [0.5, 0.6) is 0 Å². The van der Waals surface area contributed by atoms with Gasteiger partial charge in [-0.05, 0) is 66.2 Å². The summed E-state index contributed by atoms with van der Waals surface area (Å²) in [5.41, 5.74) is 5.04. The smallest absolute Gasteiger partial charge is 0.408 e. The molecule has 2 N–H and O–H groups in total. The first-order valence-electron chi connectivity index (χ1n) is 12.7. The summed E-state index contributed by atoms with van der Waals surface area (Å²) in [6.45, 7) is 3.24. The Morgan fingerprint density at radius 1 is 1.03 bits per heavy atom. The van der Waals surface area contributed by atoms with Gasteiger partial charge in [-0.2, -0.15) is 0 Å². The van der Waals surface area contributed by atoms with Crippen molar-refractivity contribution in [2.75, 3.05) is 38.5 Å². The number of aliphatic imine (C=N–C) groups is 1. The lowest BCUT2D eigenvalue weighted by molar-refractivity contribution is -0.132. The van der Waals surface area contributed by atoms with E-state index in [4.69, 9.17) is 21.0 Å². The first-order chi connectivity index (χ1) is 18.8. The summed E-state index contributed by atoms with van der Waals surface area (Å²) in [5.74, 6) is -1.35. The first-order valence-corrected chi connectivity index (χ1v) is 13.1. The minimum absolute atomic E-state index is 0.111. The number of H-pyrrole nitrogens is 1. The first kappa shape index (κ1) is 25.1. The average molecular weight is 544 g/mol. The van der Waals surface area contributed by atoms with E-state index in [1.165, 1.54) is 0 Å². The summed E-state index contributed by atoms with van der Waals surface area (Å²) in [4.78, 5) is 49.4. The fourth-order valence-electron chi connectivity index (χ4n) is 5.08. The molecule has 198 valence electrons. The number of hydrogen-bond acceptors (Lipinski definition) is 6. The lowest BCUT2D eigenvalue weighted by Crippen LogP contribution is -2.47. The van der Waals surface area contributed by atoms with E-state index in [0.717, 1.165) is 37.3 Å². The number of nitrogens with one attached hydrogen (secondary N) is 2. The number of fused-ring (bicyclic) bond motifs is 2. The van der Waals surface area contributed by atoms with Crippen LogP contribution in [0.2, 0.25) is 5.02 Å². The number of hydrogen-bond donors (Lipinski definition) is 2. The van der Waals surface area contributed by atoms with Crippen LogP contribution >= 0.6 is 11.6 Å². The van der Waals surface area contributed by atoms with Crippen molar-refractivity contribution in [3.63, 3.8) is 0 Å². The number of piperazine rings is 1. The van der Waals surface area contributed by atoms with E-state index < -0.39 is 11.7 Å². The van der Waals surface area contributed by atoms with Gasteiger partial charge in [-0.15, -0.1) is 0 Å². The molecule has 1 unspecified atom stereocenters. The van der Waals surface area contributed by atoms with Gasteiger partial charge in [0, 0.05) is 36.9 Å². The van der Waals surface area contributed by atoms with Crippen molar-refractivity contribution in [3.8, 4) is 0 Å². The molecule has 4 aromatic rings. The van der Waals surface area contributed by atoms with Gasteiger partial charge in [0.1, 0.15) is 5.92 Å². The van der Waals surface area contributed by atoms with Crippen LogP contribution in [0, 0.1) is 0 Å². The van der Waals surface area contributed by atoms with Gasteiger partial charge >= 0.3 is 5.76 Å². The molecular weight excluding hydrogens is 518 g/mol. The fraction of sp³-hybridized carbons (Fsp3) is 0.241. The molecule has 0 bridgehead atoms. The van der Waals surface area contributed by atoms with E-state index in [-0.39, 0.29) is 11.8 Å². The van der Waals surface area contributed by atoms with E-state index in [1.54, 1.807) is 30.3 Å². The van der Waals surface area contributed by atoms with Crippen LogP contribution in [0.3, 0.4) is 0 Å². The molecule has 9 nitrogen and oxygen atoms in total. The topological polar surface area (TPSA) is 111 Å². The summed E-state index contributed by atoms with van der Waals surface area (Å²) < 4.78 is 5.15. The van der Waals surface area contributed by atoms with Crippen LogP contribution in [0.25, 0.3) is 11.1 Å². The van der Waals surface area contributed by atoms with Gasteiger partial charge in [0.25, 0.3) is 0 Å². The van der Waals surface area contributed by atoms with Crippen LogP contribution in [0.1, 0.15) is 22.6 Å². The van der Waals surface area contributed by atoms with Gasteiger partial charge in [0.15, 0.2) is 5.58 Å². The number of rotatable bonds is 5. The molecule has 1 fully saturated rings. The number of aromatic amines is 1. The summed E-state index contributed by atoms with van der Waals surface area (Å²) in [6.07, 6.45) is 0.324. The minimum atomic E-state index is -0.688. The van der Waals surface area contributed by atoms with Crippen LogP contribution < -0.4 is 11.1 Å². The summed E-state index contributed by atoms with van der Waals surface area (Å²) in [6, 6.07) is 18.0. The number of likely N-dealkylation sites (N-methyl/N-ethyl adjacent to an activating group) is 1. The number of halogens is 1. The number of nitrogens with zero attached hydrogens (tertiary/aromatic N) is 3. The van der Waals surface area contributed by atoms with Gasteiger partial charge in [0.05, 0.1) is 23.3 Å². The predicted molar refractivity (Wildman–Crippen MR) is 150 cm³/mol.